The fourth-order valence-electron chi connectivity index (χ4n) is 4.27. The van der Waals surface area contributed by atoms with Crippen LogP contribution in [-0.4, -0.2) is 28.7 Å². The average molecular weight is 508 g/mol. The molecule has 0 bridgehead atoms. The quantitative estimate of drug-likeness (QED) is 0.282. The van der Waals surface area contributed by atoms with Crippen molar-refractivity contribution in [1.29, 1.82) is 0 Å². The Morgan fingerprint density at radius 2 is 1.68 bits per heavy atom. The van der Waals surface area contributed by atoms with E-state index in [2.05, 4.69) is 10.4 Å². The lowest BCUT2D eigenvalue weighted by Gasteiger charge is -2.20. The Bertz CT molecular complexity index is 1590. The number of fused-ring (bicyclic) bond motifs is 1. The standard InChI is InChI=1S/C30H25N3O5/c1-18-11-13-22(14-12-18)28(36)31-24-9-6-8-23(17-24)30-33(19(2)34)32-29(38-30)27-25-10-5-4-7-21(25)15-16-26(27)37-20(3)35/h4-17,30H,1-3H3,(H,31,36). The lowest BCUT2D eigenvalue weighted by atomic mass is 10.0. The van der Waals surface area contributed by atoms with E-state index in [9.17, 15) is 14.4 Å². The Hall–Kier alpha value is -4.98. The van der Waals surface area contributed by atoms with Crippen LogP contribution >= 0.6 is 0 Å². The number of nitrogens with one attached hydrogen (secondary N) is 1. The first kappa shape index (κ1) is 24.7. The van der Waals surface area contributed by atoms with Crippen molar-refractivity contribution < 1.29 is 23.9 Å². The number of hydrogen-bond acceptors (Lipinski definition) is 6. The van der Waals surface area contributed by atoms with E-state index in [0.29, 0.717) is 22.4 Å². The number of aryl methyl sites for hydroxylation is 1. The van der Waals surface area contributed by atoms with Crippen LogP contribution in [0.1, 0.15) is 47.1 Å². The van der Waals surface area contributed by atoms with Gasteiger partial charge in [-0.05, 0) is 48.0 Å². The van der Waals surface area contributed by atoms with Crippen molar-refractivity contribution in [2.75, 3.05) is 5.32 Å². The van der Waals surface area contributed by atoms with Gasteiger partial charge in [0.1, 0.15) is 5.75 Å². The molecule has 1 heterocycles. The van der Waals surface area contributed by atoms with Crippen LogP contribution in [0.2, 0.25) is 0 Å². The second kappa shape index (κ2) is 10.2. The van der Waals surface area contributed by atoms with Crippen LogP contribution in [0.15, 0.2) is 90.0 Å². The summed E-state index contributed by atoms with van der Waals surface area (Å²) in [7, 11) is 0. The molecule has 4 aromatic rings. The summed E-state index contributed by atoms with van der Waals surface area (Å²) >= 11 is 0. The Kier molecular flexibility index (Phi) is 6.62. The van der Waals surface area contributed by atoms with Crippen LogP contribution in [0, 0.1) is 6.92 Å². The summed E-state index contributed by atoms with van der Waals surface area (Å²) < 4.78 is 11.7. The molecule has 1 unspecified atom stereocenters. The minimum Gasteiger partial charge on any atom is -0.446 e. The number of rotatable bonds is 5. The van der Waals surface area contributed by atoms with Gasteiger partial charge >= 0.3 is 5.97 Å². The molecule has 0 fully saturated rings. The smallest absolute Gasteiger partial charge is 0.308 e. The van der Waals surface area contributed by atoms with Gasteiger partial charge < -0.3 is 14.8 Å². The number of esters is 1. The van der Waals surface area contributed by atoms with Crippen molar-refractivity contribution in [3.63, 3.8) is 0 Å². The highest BCUT2D eigenvalue weighted by atomic mass is 16.5. The molecule has 1 atom stereocenters. The lowest BCUT2D eigenvalue weighted by molar-refractivity contribution is -0.135. The maximum atomic E-state index is 12.7. The fraction of sp³-hybridized carbons (Fsp3) is 0.133. The number of hydrogen-bond donors (Lipinski definition) is 1. The zero-order valence-electron chi connectivity index (χ0n) is 21.1. The molecule has 1 aliphatic heterocycles. The van der Waals surface area contributed by atoms with Crippen LogP contribution in [0.3, 0.4) is 0 Å². The van der Waals surface area contributed by atoms with E-state index < -0.39 is 12.2 Å². The summed E-state index contributed by atoms with van der Waals surface area (Å²) in [5, 5.41) is 10.3. The highest BCUT2D eigenvalue weighted by Gasteiger charge is 2.35. The molecule has 190 valence electrons. The second-order valence-corrected chi connectivity index (χ2v) is 8.94. The van der Waals surface area contributed by atoms with Crippen LogP contribution < -0.4 is 10.1 Å². The van der Waals surface area contributed by atoms with Gasteiger partial charge in [-0.25, -0.2) is 0 Å². The Labute approximate surface area is 219 Å². The van der Waals surface area contributed by atoms with Gasteiger partial charge in [0.05, 0.1) is 5.56 Å². The summed E-state index contributed by atoms with van der Waals surface area (Å²) in [5.41, 5.74) is 3.21. The van der Waals surface area contributed by atoms with Gasteiger partial charge in [0, 0.05) is 30.7 Å². The van der Waals surface area contributed by atoms with Crippen LogP contribution in [0.25, 0.3) is 10.8 Å². The summed E-state index contributed by atoms with van der Waals surface area (Å²) in [6.45, 7) is 4.66. The molecule has 4 aromatic carbocycles. The highest BCUT2D eigenvalue weighted by Crippen LogP contribution is 2.37. The number of benzene rings is 4. The summed E-state index contributed by atoms with van der Waals surface area (Å²) in [6, 6.07) is 25.4. The normalized spacial score (nSPS) is 14.6. The van der Waals surface area contributed by atoms with Gasteiger partial charge in [-0.2, -0.15) is 5.01 Å². The van der Waals surface area contributed by atoms with Gasteiger partial charge in [0.25, 0.3) is 5.91 Å². The summed E-state index contributed by atoms with van der Waals surface area (Å²) in [6.07, 6.45) is -0.886. The number of amides is 2. The molecule has 0 radical (unpaired) electrons. The molecule has 8 heteroatoms. The van der Waals surface area contributed by atoms with Crippen molar-refractivity contribution in [3.05, 3.63) is 107 Å². The molecule has 0 saturated carbocycles. The SMILES string of the molecule is CC(=O)Oc1ccc2ccccc2c1C1=NN(C(C)=O)C(c2cccc(NC(=O)c3ccc(C)cc3)c2)O1. The summed E-state index contributed by atoms with van der Waals surface area (Å²) in [4.78, 5) is 37.2. The Balaban J connectivity index is 1.48. The fourth-order valence-corrected chi connectivity index (χ4v) is 4.27. The molecular formula is C30H25N3O5. The topological polar surface area (TPSA) is 97.3 Å². The van der Waals surface area contributed by atoms with E-state index in [1.165, 1.54) is 18.9 Å². The third kappa shape index (κ3) is 4.97. The monoisotopic (exact) mass is 507 g/mol. The molecule has 2 amide bonds. The first-order valence-electron chi connectivity index (χ1n) is 12.0. The number of ether oxygens (including phenoxy) is 2. The molecular weight excluding hydrogens is 482 g/mol. The average Bonchev–Trinajstić information content (AvgIpc) is 3.34. The number of carbonyl (C=O) groups excluding carboxylic acids is 3. The first-order valence-corrected chi connectivity index (χ1v) is 12.0. The maximum absolute atomic E-state index is 12.7. The van der Waals surface area contributed by atoms with Crippen molar-refractivity contribution >= 4 is 40.1 Å². The third-order valence-corrected chi connectivity index (χ3v) is 6.07. The summed E-state index contributed by atoms with van der Waals surface area (Å²) in [5.74, 6) is -0.660. The molecule has 5 rings (SSSR count). The molecule has 0 aromatic heterocycles. The van der Waals surface area contributed by atoms with Crippen LogP contribution in [-0.2, 0) is 14.3 Å². The first-order chi connectivity index (χ1) is 18.3. The number of hydrazone groups is 1. The molecule has 0 aliphatic carbocycles. The lowest BCUT2D eigenvalue weighted by Crippen LogP contribution is -2.25. The predicted octanol–water partition coefficient (Wildman–Crippen LogP) is 5.56. The molecule has 1 aliphatic rings. The molecule has 1 N–H and O–H groups in total. The molecule has 0 spiro atoms. The third-order valence-electron chi connectivity index (χ3n) is 6.07. The van der Waals surface area contributed by atoms with E-state index in [-0.39, 0.29) is 23.5 Å². The van der Waals surface area contributed by atoms with Crippen LogP contribution in [0.4, 0.5) is 5.69 Å². The van der Waals surface area contributed by atoms with Crippen molar-refractivity contribution in [1.82, 2.24) is 5.01 Å². The van der Waals surface area contributed by atoms with E-state index in [1.807, 2.05) is 49.4 Å². The zero-order valence-corrected chi connectivity index (χ0v) is 21.1. The van der Waals surface area contributed by atoms with E-state index in [1.54, 1.807) is 42.5 Å². The van der Waals surface area contributed by atoms with Gasteiger partial charge in [0.15, 0.2) is 0 Å². The maximum Gasteiger partial charge on any atom is 0.308 e. The highest BCUT2D eigenvalue weighted by molar-refractivity contribution is 6.10. The van der Waals surface area contributed by atoms with E-state index in [0.717, 1.165) is 16.3 Å². The van der Waals surface area contributed by atoms with Crippen molar-refractivity contribution in [2.45, 2.75) is 27.0 Å². The van der Waals surface area contributed by atoms with Crippen molar-refractivity contribution in [2.24, 2.45) is 5.10 Å². The molecule has 8 nitrogen and oxygen atoms in total. The van der Waals surface area contributed by atoms with E-state index in [4.69, 9.17) is 9.47 Å². The number of nitrogens with zero attached hydrogens (tertiary/aromatic N) is 2. The minimum absolute atomic E-state index is 0.146. The molecule has 0 saturated heterocycles. The van der Waals surface area contributed by atoms with E-state index >= 15 is 0 Å². The predicted molar refractivity (Wildman–Crippen MR) is 144 cm³/mol. The largest absolute Gasteiger partial charge is 0.446 e. The van der Waals surface area contributed by atoms with Gasteiger partial charge in [-0.15, -0.1) is 5.10 Å². The second-order valence-electron chi connectivity index (χ2n) is 8.94. The number of carbonyl (C=O) groups is 3. The zero-order chi connectivity index (χ0) is 26.8. The van der Waals surface area contributed by atoms with Gasteiger partial charge in [0.2, 0.25) is 18.0 Å². The minimum atomic E-state index is -0.886. The van der Waals surface area contributed by atoms with Crippen LogP contribution in [0.5, 0.6) is 5.75 Å². The van der Waals surface area contributed by atoms with Gasteiger partial charge in [-0.1, -0.05) is 60.2 Å². The Morgan fingerprint density at radius 1 is 0.921 bits per heavy atom. The number of anilines is 1. The van der Waals surface area contributed by atoms with Crippen molar-refractivity contribution in [3.8, 4) is 5.75 Å². The Morgan fingerprint density at radius 3 is 2.42 bits per heavy atom. The molecule has 38 heavy (non-hydrogen) atoms. The van der Waals surface area contributed by atoms with Gasteiger partial charge in [-0.3, -0.25) is 14.4 Å².